The molecule has 21 heavy (non-hydrogen) atoms. The molecule has 0 aromatic carbocycles. The van der Waals surface area contributed by atoms with Crippen molar-refractivity contribution in [3.63, 3.8) is 0 Å². The van der Waals surface area contributed by atoms with E-state index in [4.69, 9.17) is 5.11 Å². The van der Waals surface area contributed by atoms with Crippen molar-refractivity contribution in [3.8, 4) is 0 Å². The first kappa shape index (κ1) is 20.7. The molecule has 0 fully saturated rings. The minimum absolute atomic E-state index is 0.373. The van der Waals surface area contributed by atoms with E-state index in [0.717, 1.165) is 6.42 Å². The summed E-state index contributed by atoms with van der Waals surface area (Å²) < 4.78 is 0. The minimum atomic E-state index is 0.373. The molecule has 1 aromatic heterocycles. The fourth-order valence-electron chi connectivity index (χ4n) is 2.36. The van der Waals surface area contributed by atoms with Gasteiger partial charge in [0.15, 0.2) is 0 Å². The molecule has 1 aromatic rings. The number of aliphatic hydroxyl groups excluding tert-OH is 1. The van der Waals surface area contributed by atoms with E-state index in [0.29, 0.717) is 6.61 Å². The molecule has 0 radical (unpaired) electrons. The van der Waals surface area contributed by atoms with Crippen LogP contribution in [0.15, 0.2) is 22.9 Å². The molecule has 0 atom stereocenters. The van der Waals surface area contributed by atoms with E-state index in [9.17, 15) is 0 Å². The zero-order valence-electron chi connectivity index (χ0n) is 14.1. The fourth-order valence-corrected chi connectivity index (χ4v) is 2.81. The van der Waals surface area contributed by atoms with Crippen molar-refractivity contribution in [1.82, 2.24) is 0 Å². The molecule has 124 valence electrons. The average Bonchev–Trinajstić information content (AvgIpc) is 3.08. The van der Waals surface area contributed by atoms with Crippen molar-refractivity contribution in [3.05, 3.63) is 22.9 Å². The largest absolute Gasteiger partial charge is 0.396 e. The highest BCUT2D eigenvalue weighted by atomic mass is 32.1. The van der Waals surface area contributed by atoms with Crippen LogP contribution in [0, 0.1) is 0 Å². The van der Waals surface area contributed by atoms with E-state index in [-0.39, 0.29) is 0 Å². The van der Waals surface area contributed by atoms with Crippen LogP contribution in [0.1, 0.15) is 90.4 Å². The standard InChI is InChI=1S/C15H32O.C4H4S/c1-2-3-4-5-6-7-8-9-10-11-12-13-14-15-16;1-2-4-5-3-1/h16H,2-15H2,1H3;1-4H. The molecular weight excluding hydrogens is 276 g/mol. The predicted octanol–water partition coefficient (Wildman–Crippen LogP) is 6.82. The normalized spacial score (nSPS) is 10.2. The maximum atomic E-state index is 8.63. The Hall–Kier alpha value is -0.340. The molecule has 1 heterocycles. The van der Waals surface area contributed by atoms with Crippen LogP contribution in [0.5, 0.6) is 0 Å². The molecule has 0 aliphatic heterocycles. The van der Waals surface area contributed by atoms with Crippen LogP contribution in [0.2, 0.25) is 0 Å². The van der Waals surface area contributed by atoms with Gasteiger partial charge in [-0.3, -0.25) is 0 Å². The number of hydrogen-bond acceptors (Lipinski definition) is 2. The van der Waals surface area contributed by atoms with E-state index < -0.39 is 0 Å². The molecule has 1 nitrogen and oxygen atoms in total. The minimum Gasteiger partial charge on any atom is -0.396 e. The van der Waals surface area contributed by atoms with Crippen molar-refractivity contribution in [2.75, 3.05) is 6.61 Å². The Morgan fingerprint density at radius 3 is 1.29 bits per heavy atom. The van der Waals surface area contributed by atoms with E-state index in [1.807, 2.05) is 22.9 Å². The molecule has 0 amide bonds. The zero-order chi connectivity index (χ0) is 15.4. The monoisotopic (exact) mass is 312 g/mol. The second-order valence-electron chi connectivity index (χ2n) is 5.76. The van der Waals surface area contributed by atoms with Gasteiger partial charge in [0.2, 0.25) is 0 Å². The Kier molecular flexibility index (Phi) is 19.3. The van der Waals surface area contributed by atoms with E-state index in [2.05, 4.69) is 6.92 Å². The van der Waals surface area contributed by atoms with Crippen molar-refractivity contribution < 1.29 is 5.11 Å². The lowest BCUT2D eigenvalue weighted by Crippen LogP contribution is -1.84. The molecule has 2 heteroatoms. The van der Waals surface area contributed by atoms with Gasteiger partial charge in [-0.2, -0.15) is 11.3 Å². The first-order chi connectivity index (χ1) is 10.4. The summed E-state index contributed by atoms with van der Waals surface area (Å²) >= 11 is 1.71. The van der Waals surface area contributed by atoms with Gasteiger partial charge in [0.25, 0.3) is 0 Å². The van der Waals surface area contributed by atoms with Gasteiger partial charge in [-0.1, -0.05) is 96.1 Å². The highest BCUT2D eigenvalue weighted by Crippen LogP contribution is 2.12. The van der Waals surface area contributed by atoms with Crippen LogP contribution in [0.25, 0.3) is 0 Å². The maximum absolute atomic E-state index is 8.63. The maximum Gasteiger partial charge on any atom is 0.0431 e. The third-order valence-corrected chi connectivity index (χ3v) is 4.32. The molecule has 0 aliphatic carbocycles. The number of hydrogen-bond donors (Lipinski definition) is 1. The van der Waals surface area contributed by atoms with Crippen molar-refractivity contribution in [2.45, 2.75) is 90.4 Å². The first-order valence-corrected chi connectivity index (χ1v) is 9.94. The van der Waals surface area contributed by atoms with Gasteiger partial charge in [-0.15, -0.1) is 0 Å². The number of unbranched alkanes of at least 4 members (excludes halogenated alkanes) is 12. The topological polar surface area (TPSA) is 20.2 Å². The first-order valence-electron chi connectivity index (χ1n) is 8.99. The highest BCUT2D eigenvalue weighted by Gasteiger charge is 1.92. The predicted molar refractivity (Wildman–Crippen MR) is 97.1 cm³/mol. The van der Waals surface area contributed by atoms with Crippen molar-refractivity contribution >= 4 is 11.3 Å². The Morgan fingerprint density at radius 2 is 1.00 bits per heavy atom. The van der Waals surface area contributed by atoms with Crippen molar-refractivity contribution in [1.29, 1.82) is 0 Å². The van der Waals surface area contributed by atoms with E-state index in [1.54, 1.807) is 11.3 Å². The zero-order valence-corrected chi connectivity index (χ0v) is 14.9. The lowest BCUT2D eigenvalue weighted by Gasteiger charge is -2.02. The van der Waals surface area contributed by atoms with Gasteiger partial charge in [-0.25, -0.2) is 0 Å². The number of thiophene rings is 1. The third-order valence-electron chi connectivity index (χ3n) is 3.69. The van der Waals surface area contributed by atoms with Crippen LogP contribution in [0.3, 0.4) is 0 Å². The summed E-state index contributed by atoms with van der Waals surface area (Å²) in [5.41, 5.74) is 0. The van der Waals surface area contributed by atoms with Gasteiger partial charge in [0.1, 0.15) is 0 Å². The third kappa shape index (κ3) is 19.7. The van der Waals surface area contributed by atoms with Gasteiger partial charge < -0.3 is 5.11 Å². The SMILES string of the molecule is CCCCCCCCCCCCCCCO.c1ccsc1. The van der Waals surface area contributed by atoms with Crippen molar-refractivity contribution in [2.24, 2.45) is 0 Å². The lowest BCUT2D eigenvalue weighted by molar-refractivity contribution is 0.282. The molecule has 0 aliphatic rings. The van der Waals surface area contributed by atoms with Crippen LogP contribution in [-0.4, -0.2) is 11.7 Å². The van der Waals surface area contributed by atoms with Crippen LogP contribution in [0.4, 0.5) is 0 Å². The van der Waals surface area contributed by atoms with E-state index in [1.165, 1.54) is 77.0 Å². The van der Waals surface area contributed by atoms with Gasteiger partial charge in [-0.05, 0) is 17.2 Å². The molecule has 1 rings (SSSR count). The molecule has 0 unspecified atom stereocenters. The summed E-state index contributed by atoms with van der Waals surface area (Å²) in [5, 5.41) is 12.7. The second kappa shape index (κ2) is 19.7. The molecule has 0 saturated carbocycles. The summed E-state index contributed by atoms with van der Waals surface area (Å²) in [5.74, 6) is 0. The van der Waals surface area contributed by atoms with Crippen LogP contribution in [-0.2, 0) is 0 Å². The summed E-state index contributed by atoms with van der Waals surface area (Å²) in [7, 11) is 0. The Morgan fingerprint density at radius 1 is 0.619 bits per heavy atom. The van der Waals surface area contributed by atoms with Gasteiger partial charge in [0, 0.05) is 6.61 Å². The Bertz CT molecular complexity index is 215. The lowest BCUT2D eigenvalue weighted by atomic mass is 10.0. The smallest absolute Gasteiger partial charge is 0.0431 e. The van der Waals surface area contributed by atoms with Crippen LogP contribution < -0.4 is 0 Å². The van der Waals surface area contributed by atoms with Gasteiger partial charge >= 0.3 is 0 Å². The fraction of sp³-hybridized carbons (Fsp3) is 0.789. The summed E-state index contributed by atoms with van der Waals surface area (Å²) in [6.07, 6.45) is 17.7. The number of aliphatic hydroxyl groups is 1. The quantitative estimate of drug-likeness (QED) is 0.396. The molecule has 0 bridgehead atoms. The Labute approximate surface area is 136 Å². The number of rotatable bonds is 13. The van der Waals surface area contributed by atoms with E-state index >= 15 is 0 Å². The average molecular weight is 313 g/mol. The van der Waals surface area contributed by atoms with Crippen LogP contribution >= 0.6 is 11.3 Å². The molecule has 0 spiro atoms. The summed E-state index contributed by atoms with van der Waals surface area (Å²) in [4.78, 5) is 0. The molecular formula is C19H36OS. The van der Waals surface area contributed by atoms with Gasteiger partial charge in [0.05, 0.1) is 0 Å². The molecule has 1 N–H and O–H groups in total. The molecule has 0 saturated heterocycles. The second-order valence-corrected chi connectivity index (χ2v) is 6.58. The summed E-state index contributed by atoms with van der Waals surface area (Å²) in [6, 6.07) is 4.04. The Balaban J connectivity index is 0.000000662. The summed E-state index contributed by atoms with van der Waals surface area (Å²) in [6.45, 7) is 2.65. The highest BCUT2D eigenvalue weighted by molar-refractivity contribution is 7.07.